The highest BCUT2D eigenvalue weighted by molar-refractivity contribution is 5.73. The lowest BCUT2D eigenvalue weighted by Crippen LogP contribution is -2.36. The van der Waals surface area contributed by atoms with Gasteiger partial charge in [-0.15, -0.1) is 0 Å². The fraction of sp³-hybridized carbons (Fsp3) is 0.571. The smallest absolute Gasteiger partial charge is 0.326 e. The van der Waals surface area contributed by atoms with Crippen molar-refractivity contribution in [1.82, 2.24) is 5.32 Å². The van der Waals surface area contributed by atoms with E-state index >= 15 is 0 Å². The zero-order chi connectivity index (χ0) is 14.0. The molecule has 18 heavy (non-hydrogen) atoms. The molecule has 0 saturated carbocycles. The quantitative estimate of drug-likeness (QED) is 0.515. The van der Waals surface area contributed by atoms with Crippen molar-refractivity contribution < 1.29 is 9.90 Å². The van der Waals surface area contributed by atoms with Gasteiger partial charge in [-0.2, -0.15) is 0 Å². The Balaban J connectivity index is 4.93. The van der Waals surface area contributed by atoms with Gasteiger partial charge in [0.2, 0.25) is 0 Å². The summed E-state index contributed by atoms with van der Waals surface area (Å²) in [4.78, 5) is 15.1. The maximum absolute atomic E-state index is 11.1. The molecule has 0 amide bonds. The molecule has 1 atom stereocenters. The third-order valence-corrected chi connectivity index (χ3v) is 2.67. The average Bonchev–Trinajstić information content (AvgIpc) is 2.35. The van der Waals surface area contributed by atoms with E-state index in [1.165, 1.54) is 0 Å². The number of rotatable bonds is 8. The van der Waals surface area contributed by atoms with Crippen molar-refractivity contribution in [2.75, 3.05) is 0 Å². The normalized spacial score (nSPS) is 14.9. The summed E-state index contributed by atoms with van der Waals surface area (Å²) >= 11 is 0. The van der Waals surface area contributed by atoms with Gasteiger partial charge < -0.3 is 10.4 Å². The SMILES string of the molecule is CC=N/C=C\C(NC(CCC)C(=O)O)=C(/C)CC. The van der Waals surface area contributed by atoms with E-state index in [2.05, 4.69) is 10.3 Å². The van der Waals surface area contributed by atoms with E-state index in [0.717, 1.165) is 24.1 Å². The van der Waals surface area contributed by atoms with Gasteiger partial charge in [0, 0.05) is 18.1 Å². The van der Waals surface area contributed by atoms with E-state index in [0.29, 0.717) is 6.42 Å². The van der Waals surface area contributed by atoms with Crippen LogP contribution in [0, 0.1) is 0 Å². The van der Waals surface area contributed by atoms with Gasteiger partial charge in [0.1, 0.15) is 6.04 Å². The zero-order valence-corrected chi connectivity index (χ0v) is 11.7. The number of carboxylic acid groups (broad SMARTS) is 1. The first-order chi connectivity index (χ1) is 8.56. The molecule has 4 nitrogen and oxygen atoms in total. The summed E-state index contributed by atoms with van der Waals surface area (Å²) < 4.78 is 0. The van der Waals surface area contributed by atoms with Crippen LogP contribution in [0.15, 0.2) is 28.5 Å². The summed E-state index contributed by atoms with van der Waals surface area (Å²) in [6.45, 7) is 7.85. The molecule has 0 aliphatic heterocycles. The largest absolute Gasteiger partial charge is 0.480 e. The molecule has 0 fully saturated rings. The van der Waals surface area contributed by atoms with Crippen LogP contribution in [0.2, 0.25) is 0 Å². The van der Waals surface area contributed by atoms with Gasteiger partial charge in [-0.05, 0) is 32.8 Å². The van der Waals surface area contributed by atoms with Gasteiger partial charge in [0.25, 0.3) is 0 Å². The first-order valence-electron chi connectivity index (χ1n) is 6.40. The van der Waals surface area contributed by atoms with Crippen LogP contribution >= 0.6 is 0 Å². The number of nitrogens with one attached hydrogen (secondary N) is 1. The van der Waals surface area contributed by atoms with Gasteiger partial charge in [0.15, 0.2) is 0 Å². The number of aliphatic imine (C=N–C) groups is 1. The van der Waals surface area contributed by atoms with Crippen molar-refractivity contribution >= 4 is 12.2 Å². The highest BCUT2D eigenvalue weighted by Gasteiger charge is 2.16. The molecule has 4 heteroatoms. The van der Waals surface area contributed by atoms with Gasteiger partial charge in [-0.3, -0.25) is 4.99 Å². The van der Waals surface area contributed by atoms with Crippen molar-refractivity contribution in [3.8, 4) is 0 Å². The molecule has 0 aliphatic rings. The number of aliphatic carboxylic acids is 1. The minimum absolute atomic E-state index is 0.540. The number of carbonyl (C=O) groups is 1. The summed E-state index contributed by atoms with van der Waals surface area (Å²) in [5, 5.41) is 12.2. The molecule has 0 aromatic carbocycles. The Morgan fingerprint density at radius 2 is 2.11 bits per heavy atom. The summed E-state index contributed by atoms with van der Waals surface area (Å²) in [7, 11) is 0. The average molecular weight is 252 g/mol. The fourth-order valence-electron chi connectivity index (χ4n) is 1.44. The van der Waals surface area contributed by atoms with Crippen LogP contribution in [-0.2, 0) is 4.79 Å². The van der Waals surface area contributed by atoms with E-state index in [4.69, 9.17) is 5.11 Å². The Kier molecular flexibility index (Phi) is 8.62. The van der Waals surface area contributed by atoms with Crippen LogP contribution in [-0.4, -0.2) is 23.3 Å². The van der Waals surface area contributed by atoms with E-state index in [9.17, 15) is 4.79 Å². The van der Waals surface area contributed by atoms with E-state index in [1.54, 1.807) is 12.4 Å². The number of nitrogens with zero attached hydrogens (tertiary/aromatic N) is 1. The van der Waals surface area contributed by atoms with Crippen LogP contribution < -0.4 is 5.32 Å². The summed E-state index contributed by atoms with van der Waals surface area (Å²) in [5.41, 5.74) is 1.98. The Morgan fingerprint density at radius 1 is 1.44 bits per heavy atom. The van der Waals surface area contributed by atoms with Crippen LogP contribution in [0.1, 0.15) is 47.0 Å². The summed E-state index contributed by atoms with van der Waals surface area (Å²) in [5.74, 6) is -0.814. The summed E-state index contributed by atoms with van der Waals surface area (Å²) in [6.07, 6.45) is 7.51. The molecule has 0 aromatic heterocycles. The second-order valence-electron chi connectivity index (χ2n) is 4.09. The second kappa shape index (κ2) is 9.45. The van der Waals surface area contributed by atoms with Gasteiger partial charge in [-0.1, -0.05) is 25.8 Å². The van der Waals surface area contributed by atoms with Crippen LogP contribution in [0.3, 0.4) is 0 Å². The third kappa shape index (κ3) is 6.23. The molecular weight excluding hydrogens is 228 g/mol. The molecule has 2 N–H and O–H groups in total. The van der Waals surface area contributed by atoms with Crippen LogP contribution in [0.25, 0.3) is 0 Å². The van der Waals surface area contributed by atoms with Gasteiger partial charge in [-0.25, -0.2) is 4.79 Å². The molecule has 0 radical (unpaired) electrons. The Labute approximate surface area is 110 Å². The molecule has 0 rings (SSSR count). The molecule has 102 valence electrons. The molecule has 0 aromatic rings. The van der Waals surface area contributed by atoms with Crippen molar-refractivity contribution in [3.05, 3.63) is 23.5 Å². The minimum atomic E-state index is -0.814. The maximum Gasteiger partial charge on any atom is 0.326 e. The number of carboxylic acids is 1. The zero-order valence-electron chi connectivity index (χ0n) is 11.7. The lowest BCUT2D eigenvalue weighted by Gasteiger charge is -2.17. The standard InChI is InChI=1S/C14H24N2O2/c1-5-8-13(14(17)18)16-12(11(4)6-2)9-10-15-7-3/h7,9-10,13,16H,5-6,8H2,1-4H3,(H,17,18)/b10-9-,12-11-,15-7?. The predicted molar refractivity (Wildman–Crippen MR) is 75.8 cm³/mol. The number of allylic oxidation sites excluding steroid dienone is 2. The van der Waals surface area contributed by atoms with E-state index < -0.39 is 12.0 Å². The fourth-order valence-corrected chi connectivity index (χ4v) is 1.44. The molecular formula is C14H24N2O2. The van der Waals surface area contributed by atoms with Crippen molar-refractivity contribution in [1.29, 1.82) is 0 Å². The van der Waals surface area contributed by atoms with Crippen molar-refractivity contribution in [2.24, 2.45) is 4.99 Å². The number of hydrogen-bond donors (Lipinski definition) is 2. The first kappa shape index (κ1) is 16.4. The lowest BCUT2D eigenvalue weighted by molar-refractivity contribution is -0.139. The Hall–Kier alpha value is -1.58. The predicted octanol–water partition coefficient (Wildman–Crippen LogP) is 3.12. The molecule has 0 saturated heterocycles. The Morgan fingerprint density at radius 3 is 2.56 bits per heavy atom. The number of hydrogen-bond acceptors (Lipinski definition) is 3. The van der Waals surface area contributed by atoms with E-state index in [-0.39, 0.29) is 0 Å². The summed E-state index contributed by atoms with van der Waals surface area (Å²) in [6, 6.07) is -0.540. The third-order valence-electron chi connectivity index (χ3n) is 2.67. The van der Waals surface area contributed by atoms with Gasteiger partial charge >= 0.3 is 5.97 Å². The molecule has 0 bridgehead atoms. The van der Waals surface area contributed by atoms with Crippen LogP contribution in [0.4, 0.5) is 0 Å². The molecule has 0 spiro atoms. The van der Waals surface area contributed by atoms with Crippen molar-refractivity contribution in [3.63, 3.8) is 0 Å². The minimum Gasteiger partial charge on any atom is -0.480 e. The molecule has 0 aliphatic carbocycles. The lowest BCUT2D eigenvalue weighted by atomic mass is 10.1. The highest BCUT2D eigenvalue weighted by Crippen LogP contribution is 2.10. The van der Waals surface area contributed by atoms with E-state index in [1.807, 2.05) is 33.8 Å². The first-order valence-corrected chi connectivity index (χ1v) is 6.40. The second-order valence-corrected chi connectivity index (χ2v) is 4.09. The van der Waals surface area contributed by atoms with Crippen LogP contribution in [0.5, 0.6) is 0 Å². The molecule has 0 heterocycles. The molecule has 1 unspecified atom stereocenters. The van der Waals surface area contributed by atoms with Gasteiger partial charge in [0.05, 0.1) is 0 Å². The Bertz CT molecular complexity index is 344. The monoisotopic (exact) mass is 252 g/mol. The highest BCUT2D eigenvalue weighted by atomic mass is 16.4. The maximum atomic E-state index is 11.1. The topological polar surface area (TPSA) is 61.7 Å². The van der Waals surface area contributed by atoms with Crippen molar-refractivity contribution in [2.45, 2.75) is 53.0 Å².